The Morgan fingerprint density at radius 3 is 1.23 bits per heavy atom. The summed E-state index contributed by atoms with van der Waals surface area (Å²) in [4.78, 5) is 0. The molecule has 0 saturated carbocycles. The fraction of sp³-hybridized carbons (Fsp3) is 0.125. The van der Waals surface area contributed by atoms with Crippen LogP contribution in [0.4, 0.5) is 0 Å². The standard InChI is InChI=1S/C16H16N2O4/c1-21-13-7-3-11(4-8-13)15(17-19)16(18-20)12-5-9-14(22-2)10-6-12/h3-10,19-20H,1-2H3/b17-15-,18-16+. The number of benzene rings is 2. The van der Waals surface area contributed by atoms with Crippen LogP contribution in [0.15, 0.2) is 58.8 Å². The minimum atomic E-state index is 0.148. The second-order valence-electron chi connectivity index (χ2n) is 4.35. The number of oxime groups is 2. The summed E-state index contributed by atoms with van der Waals surface area (Å²) in [5.41, 5.74) is 1.48. The Hall–Kier alpha value is -3.02. The largest absolute Gasteiger partial charge is 0.497 e. The van der Waals surface area contributed by atoms with Crippen molar-refractivity contribution in [1.29, 1.82) is 0 Å². The van der Waals surface area contributed by atoms with Gasteiger partial charge in [-0.15, -0.1) is 0 Å². The molecule has 0 saturated heterocycles. The molecule has 114 valence electrons. The molecule has 2 aromatic rings. The lowest BCUT2D eigenvalue weighted by Gasteiger charge is -2.09. The SMILES string of the molecule is COc1ccc(C(=N/O)/C(=N/O)c2ccc(OC)cc2)cc1. The minimum absolute atomic E-state index is 0.148. The predicted octanol–water partition coefficient (Wildman–Crippen LogP) is 2.76. The molecule has 2 rings (SSSR count). The van der Waals surface area contributed by atoms with Crippen molar-refractivity contribution in [2.75, 3.05) is 14.2 Å². The molecule has 2 N–H and O–H groups in total. The summed E-state index contributed by atoms with van der Waals surface area (Å²) >= 11 is 0. The Bertz CT molecular complexity index is 615. The average molecular weight is 300 g/mol. The summed E-state index contributed by atoms with van der Waals surface area (Å²) in [7, 11) is 3.13. The van der Waals surface area contributed by atoms with Gasteiger partial charge in [-0.2, -0.15) is 0 Å². The zero-order valence-electron chi connectivity index (χ0n) is 12.2. The maximum Gasteiger partial charge on any atom is 0.139 e. The van der Waals surface area contributed by atoms with Gasteiger partial charge in [0.2, 0.25) is 0 Å². The molecule has 0 aliphatic heterocycles. The lowest BCUT2D eigenvalue weighted by molar-refractivity contribution is 0.314. The Morgan fingerprint density at radius 2 is 1.00 bits per heavy atom. The van der Waals surface area contributed by atoms with Crippen LogP contribution in [-0.2, 0) is 0 Å². The summed E-state index contributed by atoms with van der Waals surface area (Å²) < 4.78 is 10.2. The third-order valence-electron chi connectivity index (χ3n) is 3.15. The molecule has 22 heavy (non-hydrogen) atoms. The lowest BCUT2D eigenvalue weighted by atomic mass is 10.00. The molecule has 2 aromatic carbocycles. The van der Waals surface area contributed by atoms with Gasteiger partial charge in [-0.3, -0.25) is 0 Å². The fourth-order valence-electron chi connectivity index (χ4n) is 1.98. The minimum Gasteiger partial charge on any atom is -0.497 e. The van der Waals surface area contributed by atoms with Gasteiger partial charge in [0.15, 0.2) is 0 Å². The van der Waals surface area contributed by atoms with Crippen molar-refractivity contribution in [3.63, 3.8) is 0 Å². The number of hydrogen-bond donors (Lipinski definition) is 2. The van der Waals surface area contributed by atoms with Crippen LogP contribution in [0.2, 0.25) is 0 Å². The summed E-state index contributed by atoms with van der Waals surface area (Å²) in [5, 5.41) is 25.1. The van der Waals surface area contributed by atoms with Crippen LogP contribution in [-0.4, -0.2) is 36.1 Å². The van der Waals surface area contributed by atoms with Gasteiger partial charge in [-0.1, -0.05) is 10.3 Å². The van der Waals surface area contributed by atoms with E-state index in [4.69, 9.17) is 9.47 Å². The molecule has 0 radical (unpaired) electrons. The number of ether oxygens (including phenoxy) is 2. The van der Waals surface area contributed by atoms with E-state index in [-0.39, 0.29) is 11.4 Å². The van der Waals surface area contributed by atoms with Crippen molar-refractivity contribution < 1.29 is 19.9 Å². The van der Waals surface area contributed by atoms with Crippen molar-refractivity contribution in [2.24, 2.45) is 10.3 Å². The van der Waals surface area contributed by atoms with Crippen molar-refractivity contribution >= 4 is 11.4 Å². The lowest BCUT2D eigenvalue weighted by Crippen LogP contribution is -2.17. The maximum absolute atomic E-state index is 9.31. The van der Waals surface area contributed by atoms with Crippen LogP contribution in [0.1, 0.15) is 11.1 Å². The zero-order valence-corrected chi connectivity index (χ0v) is 12.2. The smallest absolute Gasteiger partial charge is 0.139 e. The average Bonchev–Trinajstić information content (AvgIpc) is 2.60. The Kier molecular flexibility index (Phi) is 4.98. The van der Waals surface area contributed by atoms with Crippen LogP contribution in [0, 0.1) is 0 Å². The second kappa shape index (κ2) is 7.12. The second-order valence-corrected chi connectivity index (χ2v) is 4.35. The molecule has 6 nitrogen and oxygen atoms in total. The predicted molar refractivity (Wildman–Crippen MR) is 82.6 cm³/mol. The number of nitrogens with zero attached hydrogens (tertiary/aromatic N) is 2. The molecule has 0 aliphatic rings. The molecule has 0 unspecified atom stereocenters. The molecule has 6 heteroatoms. The summed E-state index contributed by atoms with van der Waals surface area (Å²) in [6.07, 6.45) is 0. The van der Waals surface area contributed by atoms with Gasteiger partial charge in [-0.25, -0.2) is 0 Å². The van der Waals surface area contributed by atoms with Gasteiger partial charge in [0.1, 0.15) is 22.9 Å². The number of rotatable bonds is 5. The molecule has 0 aliphatic carbocycles. The Balaban J connectivity index is 2.38. The van der Waals surface area contributed by atoms with Gasteiger partial charge >= 0.3 is 0 Å². The van der Waals surface area contributed by atoms with E-state index in [9.17, 15) is 10.4 Å². The fourth-order valence-corrected chi connectivity index (χ4v) is 1.98. The van der Waals surface area contributed by atoms with E-state index >= 15 is 0 Å². The molecule has 0 heterocycles. The van der Waals surface area contributed by atoms with Gasteiger partial charge in [-0.05, 0) is 48.5 Å². The Morgan fingerprint density at radius 1 is 0.682 bits per heavy atom. The highest BCUT2D eigenvalue weighted by Gasteiger charge is 2.16. The van der Waals surface area contributed by atoms with Crippen molar-refractivity contribution in [1.82, 2.24) is 0 Å². The topological polar surface area (TPSA) is 83.6 Å². The Labute approximate surface area is 127 Å². The zero-order chi connectivity index (χ0) is 15.9. The number of methoxy groups -OCH3 is 2. The first-order valence-corrected chi connectivity index (χ1v) is 6.46. The highest BCUT2D eigenvalue weighted by molar-refractivity contribution is 6.53. The van der Waals surface area contributed by atoms with E-state index in [2.05, 4.69) is 10.3 Å². The highest BCUT2D eigenvalue weighted by atomic mass is 16.5. The van der Waals surface area contributed by atoms with Gasteiger partial charge in [0, 0.05) is 11.1 Å². The maximum atomic E-state index is 9.31. The first-order valence-electron chi connectivity index (χ1n) is 6.46. The van der Waals surface area contributed by atoms with E-state index in [1.807, 2.05) is 0 Å². The summed E-state index contributed by atoms with van der Waals surface area (Å²) in [5.74, 6) is 1.35. The van der Waals surface area contributed by atoms with Crippen LogP contribution in [0.3, 0.4) is 0 Å². The van der Waals surface area contributed by atoms with E-state index in [0.717, 1.165) is 0 Å². The van der Waals surface area contributed by atoms with Crippen molar-refractivity contribution in [3.05, 3.63) is 59.7 Å². The molecule has 0 aromatic heterocycles. The van der Waals surface area contributed by atoms with Crippen LogP contribution >= 0.6 is 0 Å². The molecular weight excluding hydrogens is 284 g/mol. The monoisotopic (exact) mass is 300 g/mol. The van der Waals surface area contributed by atoms with E-state index in [1.54, 1.807) is 62.8 Å². The molecule has 0 bridgehead atoms. The molecule has 0 amide bonds. The highest BCUT2D eigenvalue weighted by Crippen LogP contribution is 2.17. The van der Waals surface area contributed by atoms with Crippen LogP contribution < -0.4 is 9.47 Å². The summed E-state index contributed by atoms with van der Waals surface area (Å²) in [6, 6.07) is 13.7. The normalized spacial score (nSPS) is 12.1. The molecular formula is C16H16N2O4. The van der Waals surface area contributed by atoms with Gasteiger partial charge < -0.3 is 19.9 Å². The number of hydrogen-bond acceptors (Lipinski definition) is 6. The van der Waals surface area contributed by atoms with Gasteiger partial charge in [0.05, 0.1) is 14.2 Å². The van der Waals surface area contributed by atoms with Gasteiger partial charge in [0.25, 0.3) is 0 Å². The van der Waals surface area contributed by atoms with Crippen molar-refractivity contribution in [3.8, 4) is 11.5 Å². The first kappa shape index (κ1) is 15.4. The quantitative estimate of drug-likeness (QED) is 0.505. The third kappa shape index (κ3) is 3.17. The van der Waals surface area contributed by atoms with E-state index < -0.39 is 0 Å². The van der Waals surface area contributed by atoms with Crippen LogP contribution in [0.5, 0.6) is 11.5 Å². The first-order chi connectivity index (χ1) is 10.7. The van der Waals surface area contributed by atoms with Crippen molar-refractivity contribution in [2.45, 2.75) is 0 Å². The third-order valence-corrected chi connectivity index (χ3v) is 3.15. The van der Waals surface area contributed by atoms with E-state index in [1.165, 1.54) is 0 Å². The summed E-state index contributed by atoms with van der Waals surface area (Å²) in [6.45, 7) is 0. The molecule has 0 fully saturated rings. The molecule has 0 spiro atoms. The van der Waals surface area contributed by atoms with E-state index in [0.29, 0.717) is 22.6 Å². The molecule has 0 atom stereocenters. The van der Waals surface area contributed by atoms with Crippen LogP contribution in [0.25, 0.3) is 0 Å².